The molecule has 2 saturated heterocycles. The highest BCUT2D eigenvalue weighted by atomic mass is 16.1. The smallest absolute Gasteiger partial charge is 0.166 e. The summed E-state index contributed by atoms with van der Waals surface area (Å²) in [6.07, 6.45) is 5.81. The van der Waals surface area contributed by atoms with Crippen molar-refractivity contribution < 1.29 is 4.79 Å². The minimum Gasteiger partial charge on any atom is -0.311 e. The molecule has 2 aromatic rings. The highest BCUT2D eigenvalue weighted by molar-refractivity contribution is 6.09. The molecule has 2 aromatic carbocycles. The van der Waals surface area contributed by atoms with Crippen molar-refractivity contribution in [1.29, 1.82) is 0 Å². The molecule has 0 radical (unpaired) electrons. The Labute approximate surface area is 125 Å². The zero-order valence-electron chi connectivity index (χ0n) is 12.2. The molecule has 21 heavy (non-hydrogen) atoms. The van der Waals surface area contributed by atoms with Crippen LogP contribution in [0.15, 0.2) is 42.5 Å². The van der Waals surface area contributed by atoms with Crippen LogP contribution in [0.2, 0.25) is 0 Å². The van der Waals surface area contributed by atoms with Crippen LogP contribution in [0.25, 0.3) is 10.8 Å². The first-order valence-electron chi connectivity index (χ1n) is 8.09. The van der Waals surface area contributed by atoms with Gasteiger partial charge in [0.2, 0.25) is 0 Å². The van der Waals surface area contributed by atoms with Crippen LogP contribution < -0.4 is 5.32 Å². The van der Waals surface area contributed by atoms with E-state index in [-0.39, 0.29) is 5.92 Å². The number of nitrogens with one attached hydrogen (secondary N) is 1. The van der Waals surface area contributed by atoms with Crippen molar-refractivity contribution in [3.05, 3.63) is 48.0 Å². The predicted octanol–water partition coefficient (Wildman–Crippen LogP) is 3.94. The second-order valence-corrected chi connectivity index (χ2v) is 6.55. The highest BCUT2D eigenvalue weighted by Crippen LogP contribution is 2.33. The Hall–Kier alpha value is -1.67. The summed E-state index contributed by atoms with van der Waals surface area (Å²) in [4.78, 5) is 13.0. The van der Waals surface area contributed by atoms with Crippen molar-refractivity contribution in [3.63, 3.8) is 0 Å². The fourth-order valence-corrected chi connectivity index (χ4v) is 4.14. The standard InChI is InChI=1S/C19H21NO/c21-19(14-11-15-7-4-8-16(12-14)20-15)18-10-3-6-13-5-1-2-9-17(13)18/h1-3,5-6,9-10,14-16,20H,4,7-8,11-12H2. The van der Waals surface area contributed by atoms with E-state index < -0.39 is 0 Å². The molecule has 0 aromatic heterocycles. The van der Waals surface area contributed by atoms with Crippen molar-refractivity contribution in [2.75, 3.05) is 0 Å². The molecule has 4 rings (SSSR count). The molecule has 108 valence electrons. The number of piperidine rings is 2. The molecular weight excluding hydrogens is 258 g/mol. The number of hydrogen-bond acceptors (Lipinski definition) is 2. The lowest BCUT2D eigenvalue weighted by Gasteiger charge is -2.39. The molecule has 0 saturated carbocycles. The van der Waals surface area contributed by atoms with Crippen LogP contribution in [-0.4, -0.2) is 17.9 Å². The van der Waals surface area contributed by atoms with Crippen molar-refractivity contribution in [2.24, 2.45) is 5.92 Å². The second-order valence-electron chi connectivity index (χ2n) is 6.55. The summed E-state index contributed by atoms with van der Waals surface area (Å²) in [5.74, 6) is 0.553. The van der Waals surface area contributed by atoms with E-state index >= 15 is 0 Å². The Morgan fingerprint density at radius 1 is 0.952 bits per heavy atom. The largest absolute Gasteiger partial charge is 0.311 e. The van der Waals surface area contributed by atoms with Gasteiger partial charge in [-0.1, -0.05) is 48.9 Å². The third kappa shape index (κ3) is 2.38. The van der Waals surface area contributed by atoms with Gasteiger partial charge in [0.1, 0.15) is 0 Å². The lowest BCUT2D eigenvalue weighted by molar-refractivity contribution is 0.0827. The fraction of sp³-hybridized carbons (Fsp3) is 0.421. The first kappa shape index (κ1) is 13.0. The van der Waals surface area contributed by atoms with Gasteiger partial charge in [0, 0.05) is 23.6 Å². The Balaban J connectivity index is 1.67. The van der Waals surface area contributed by atoms with Gasteiger partial charge >= 0.3 is 0 Å². The van der Waals surface area contributed by atoms with Gasteiger partial charge in [-0.25, -0.2) is 0 Å². The molecule has 2 unspecified atom stereocenters. The molecule has 2 heterocycles. The zero-order chi connectivity index (χ0) is 14.2. The molecule has 2 bridgehead atoms. The minimum absolute atomic E-state index is 0.201. The fourth-order valence-electron chi connectivity index (χ4n) is 4.14. The molecule has 2 atom stereocenters. The van der Waals surface area contributed by atoms with Crippen LogP contribution in [-0.2, 0) is 0 Å². The van der Waals surface area contributed by atoms with Gasteiger partial charge < -0.3 is 5.32 Å². The van der Waals surface area contributed by atoms with Gasteiger partial charge in [0.15, 0.2) is 5.78 Å². The summed E-state index contributed by atoms with van der Waals surface area (Å²) in [7, 11) is 0. The summed E-state index contributed by atoms with van der Waals surface area (Å²) < 4.78 is 0. The second kappa shape index (κ2) is 5.27. The van der Waals surface area contributed by atoms with Gasteiger partial charge in [0.25, 0.3) is 0 Å². The average Bonchev–Trinajstić information content (AvgIpc) is 2.53. The summed E-state index contributed by atoms with van der Waals surface area (Å²) in [5, 5.41) is 5.94. The number of carbonyl (C=O) groups is 1. The summed E-state index contributed by atoms with van der Waals surface area (Å²) in [5.41, 5.74) is 0.915. The van der Waals surface area contributed by atoms with E-state index in [1.807, 2.05) is 24.3 Å². The SMILES string of the molecule is O=C(c1cccc2ccccc12)C1CC2CCCC(C1)N2. The number of rotatable bonds is 2. The van der Waals surface area contributed by atoms with Crippen LogP contribution in [0.1, 0.15) is 42.5 Å². The normalized spacial score (nSPS) is 28.5. The maximum Gasteiger partial charge on any atom is 0.166 e. The summed E-state index contributed by atoms with van der Waals surface area (Å²) >= 11 is 0. The molecule has 1 N–H and O–H groups in total. The van der Waals surface area contributed by atoms with Gasteiger partial charge in [-0.15, -0.1) is 0 Å². The lowest BCUT2D eigenvalue weighted by atomic mass is 9.77. The number of benzene rings is 2. The maximum atomic E-state index is 13.0. The van der Waals surface area contributed by atoms with Gasteiger partial charge in [0.05, 0.1) is 0 Å². The maximum absolute atomic E-state index is 13.0. The van der Waals surface area contributed by atoms with Crippen LogP contribution >= 0.6 is 0 Å². The minimum atomic E-state index is 0.201. The molecular formula is C19H21NO. The molecule has 2 nitrogen and oxygen atoms in total. The summed E-state index contributed by atoms with van der Waals surface area (Å²) in [6, 6.07) is 15.4. The van der Waals surface area contributed by atoms with E-state index in [2.05, 4.69) is 23.5 Å². The highest BCUT2D eigenvalue weighted by Gasteiger charge is 2.35. The zero-order valence-corrected chi connectivity index (χ0v) is 12.2. The molecule has 2 fully saturated rings. The molecule has 0 amide bonds. The number of fused-ring (bicyclic) bond motifs is 3. The van der Waals surface area contributed by atoms with E-state index in [1.165, 1.54) is 19.3 Å². The number of carbonyl (C=O) groups excluding carboxylic acids is 1. The Morgan fingerprint density at radius 2 is 1.67 bits per heavy atom. The van der Waals surface area contributed by atoms with E-state index in [4.69, 9.17) is 0 Å². The van der Waals surface area contributed by atoms with E-state index in [0.717, 1.165) is 29.2 Å². The Kier molecular flexibility index (Phi) is 3.27. The van der Waals surface area contributed by atoms with Crippen LogP contribution in [0, 0.1) is 5.92 Å². The number of Topliss-reactive ketones (excluding diaryl/α,β-unsaturated/α-hetero) is 1. The Morgan fingerprint density at radius 3 is 2.48 bits per heavy atom. The first-order valence-corrected chi connectivity index (χ1v) is 8.09. The molecule has 2 heteroatoms. The van der Waals surface area contributed by atoms with Gasteiger partial charge in [-0.3, -0.25) is 4.79 Å². The van der Waals surface area contributed by atoms with Crippen molar-refractivity contribution in [1.82, 2.24) is 5.32 Å². The van der Waals surface area contributed by atoms with Gasteiger partial charge in [-0.05, 0) is 36.5 Å². The molecule has 2 aliphatic rings. The van der Waals surface area contributed by atoms with Gasteiger partial charge in [-0.2, -0.15) is 0 Å². The predicted molar refractivity (Wildman–Crippen MR) is 85.6 cm³/mol. The number of ketones is 1. The third-order valence-electron chi connectivity index (χ3n) is 5.14. The van der Waals surface area contributed by atoms with Crippen LogP contribution in [0.5, 0.6) is 0 Å². The number of hydrogen-bond donors (Lipinski definition) is 1. The third-order valence-corrected chi connectivity index (χ3v) is 5.14. The quantitative estimate of drug-likeness (QED) is 0.844. The van der Waals surface area contributed by atoms with Crippen LogP contribution in [0.3, 0.4) is 0 Å². The van der Waals surface area contributed by atoms with Crippen LogP contribution in [0.4, 0.5) is 0 Å². The van der Waals surface area contributed by atoms with E-state index in [1.54, 1.807) is 0 Å². The van der Waals surface area contributed by atoms with E-state index in [9.17, 15) is 4.79 Å². The van der Waals surface area contributed by atoms with Crippen molar-refractivity contribution >= 4 is 16.6 Å². The first-order chi connectivity index (χ1) is 10.3. The van der Waals surface area contributed by atoms with E-state index in [0.29, 0.717) is 17.9 Å². The summed E-state index contributed by atoms with van der Waals surface area (Å²) in [6.45, 7) is 0. The average molecular weight is 279 g/mol. The molecule has 2 aliphatic heterocycles. The lowest BCUT2D eigenvalue weighted by Crippen LogP contribution is -2.50. The topological polar surface area (TPSA) is 29.1 Å². The van der Waals surface area contributed by atoms with Crippen molar-refractivity contribution in [3.8, 4) is 0 Å². The monoisotopic (exact) mass is 279 g/mol. The van der Waals surface area contributed by atoms with Crippen molar-refractivity contribution in [2.45, 2.75) is 44.2 Å². The molecule has 0 aliphatic carbocycles. The Bertz CT molecular complexity index is 661. The molecule has 0 spiro atoms.